The molecule has 0 amide bonds. The molecule has 6 rings (SSSR count). The van der Waals surface area contributed by atoms with E-state index in [0.29, 0.717) is 0 Å². The van der Waals surface area contributed by atoms with Gasteiger partial charge in [0.15, 0.2) is 0 Å². The molecule has 2 atom stereocenters. The predicted octanol–water partition coefficient (Wildman–Crippen LogP) is 6.85. The van der Waals surface area contributed by atoms with E-state index in [4.69, 9.17) is 14.6 Å². The monoisotopic (exact) mass is 484 g/mol. The van der Waals surface area contributed by atoms with E-state index in [-0.39, 0.29) is 12.3 Å². The lowest BCUT2D eigenvalue weighted by atomic mass is 9.95. The molecule has 158 valence electrons. The lowest BCUT2D eigenvalue weighted by molar-refractivity contribution is -0.0191. The van der Waals surface area contributed by atoms with E-state index in [1.165, 1.54) is 10.8 Å². The fourth-order valence-electron chi connectivity index (χ4n) is 4.59. The maximum Gasteiger partial charge on any atom is 0.213 e. The van der Waals surface area contributed by atoms with E-state index < -0.39 is 0 Å². The number of nitrogens with zero attached hydrogens (tertiary/aromatic N) is 2. The van der Waals surface area contributed by atoms with E-state index in [9.17, 15) is 0 Å². The first-order valence-corrected chi connectivity index (χ1v) is 11.4. The summed E-state index contributed by atoms with van der Waals surface area (Å²) in [5, 5.41) is 9.67. The largest absolute Gasteiger partial charge is 0.497 e. The average Bonchev–Trinajstić information content (AvgIpc) is 3.29. The van der Waals surface area contributed by atoms with Crippen molar-refractivity contribution >= 4 is 32.4 Å². The zero-order valence-electron chi connectivity index (χ0n) is 17.5. The summed E-state index contributed by atoms with van der Waals surface area (Å²) in [5.41, 5.74) is 4.44. The molecule has 4 nitrogen and oxygen atoms in total. The number of hydrogen-bond donors (Lipinski definition) is 0. The zero-order valence-corrected chi connectivity index (χ0v) is 19.1. The van der Waals surface area contributed by atoms with Crippen molar-refractivity contribution in [2.24, 2.45) is 5.10 Å². The van der Waals surface area contributed by atoms with Gasteiger partial charge < -0.3 is 9.47 Å². The summed E-state index contributed by atoms with van der Waals surface area (Å²) in [6.45, 7) is 0. The third-order valence-corrected chi connectivity index (χ3v) is 6.73. The van der Waals surface area contributed by atoms with E-state index in [1.54, 1.807) is 7.11 Å². The van der Waals surface area contributed by atoms with Crippen LogP contribution < -0.4 is 9.47 Å². The van der Waals surface area contributed by atoms with Crippen molar-refractivity contribution in [3.05, 3.63) is 106 Å². The number of rotatable bonds is 3. The molecular weight excluding hydrogens is 464 g/mol. The number of fused-ring (bicyclic) bond motifs is 4. The molecule has 0 bridgehead atoms. The fourth-order valence-corrected chi connectivity index (χ4v) is 4.97. The van der Waals surface area contributed by atoms with Gasteiger partial charge in [-0.2, -0.15) is 5.10 Å². The van der Waals surface area contributed by atoms with Crippen LogP contribution in [0.5, 0.6) is 11.5 Å². The smallest absolute Gasteiger partial charge is 0.213 e. The Kier molecular flexibility index (Phi) is 4.65. The van der Waals surface area contributed by atoms with Crippen molar-refractivity contribution < 1.29 is 9.47 Å². The highest BCUT2D eigenvalue weighted by Crippen LogP contribution is 2.48. The van der Waals surface area contributed by atoms with Crippen LogP contribution in [0, 0.1) is 0 Å². The first-order valence-electron chi connectivity index (χ1n) is 10.6. The molecule has 4 aromatic rings. The number of hydrazone groups is 1. The fraction of sp³-hybridized carbons (Fsp3) is 0.148. The Morgan fingerprint density at radius 1 is 0.938 bits per heavy atom. The van der Waals surface area contributed by atoms with Crippen LogP contribution in [0.4, 0.5) is 0 Å². The lowest BCUT2D eigenvalue weighted by Gasteiger charge is -2.38. The van der Waals surface area contributed by atoms with Crippen molar-refractivity contribution in [3.63, 3.8) is 0 Å². The molecule has 0 saturated carbocycles. The molecule has 32 heavy (non-hydrogen) atoms. The van der Waals surface area contributed by atoms with Crippen molar-refractivity contribution in [3.8, 4) is 11.5 Å². The summed E-state index contributed by atoms with van der Waals surface area (Å²) < 4.78 is 12.9. The highest BCUT2D eigenvalue weighted by atomic mass is 79.9. The van der Waals surface area contributed by atoms with Gasteiger partial charge in [0.1, 0.15) is 11.5 Å². The summed E-state index contributed by atoms with van der Waals surface area (Å²) >= 11 is 3.63. The second-order valence-corrected chi connectivity index (χ2v) is 9.05. The van der Waals surface area contributed by atoms with Gasteiger partial charge in [0.05, 0.1) is 18.9 Å². The molecule has 0 aliphatic carbocycles. The molecule has 2 aliphatic rings. The number of methoxy groups -OCH3 is 1. The number of benzene rings is 4. The minimum absolute atomic E-state index is 0.116. The summed E-state index contributed by atoms with van der Waals surface area (Å²) in [6.07, 6.45) is 0.537. The molecule has 0 spiro atoms. The summed E-state index contributed by atoms with van der Waals surface area (Å²) in [5.74, 6) is 1.73. The van der Waals surface area contributed by atoms with E-state index >= 15 is 0 Å². The van der Waals surface area contributed by atoms with Crippen LogP contribution in [0.2, 0.25) is 0 Å². The van der Waals surface area contributed by atoms with Gasteiger partial charge >= 0.3 is 0 Å². The van der Waals surface area contributed by atoms with Crippen LogP contribution in [0.1, 0.15) is 35.4 Å². The van der Waals surface area contributed by atoms with Crippen LogP contribution in [0.3, 0.4) is 0 Å². The van der Waals surface area contributed by atoms with Gasteiger partial charge in [-0.1, -0.05) is 52.3 Å². The highest BCUT2D eigenvalue weighted by Gasteiger charge is 2.41. The Bertz CT molecular complexity index is 1350. The first-order chi connectivity index (χ1) is 15.7. The predicted molar refractivity (Wildman–Crippen MR) is 130 cm³/mol. The Morgan fingerprint density at radius 3 is 2.56 bits per heavy atom. The molecule has 2 heterocycles. The third kappa shape index (κ3) is 3.24. The topological polar surface area (TPSA) is 34.1 Å². The molecule has 0 N–H and O–H groups in total. The van der Waals surface area contributed by atoms with E-state index in [2.05, 4.69) is 69.5 Å². The minimum atomic E-state index is -0.294. The van der Waals surface area contributed by atoms with Crippen molar-refractivity contribution in [1.82, 2.24) is 5.01 Å². The van der Waals surface area contributed by atoms with Crippen molar-refractivity contribution in [2.75, 3.05) is 7.11 Å². The molecule has 0 radical (unpaired) electrons. The molecule has 4 aromatic carbocycles. The normalized spacial score (nSPS) is 19.2. The van der Waals surface area contributed by atoms with E-state index in [0.717, 1.165) is 44.8 Å². The summed E-state index contributed by atoms with van der Waals surface area (Å²) in [6, 6.07) is 29.4. The summed E-state index contributed by atoms with van der Waals surface area (Å²) in [7, 11) is 1.68. The highest BCUT2D eigenvalue weighted by molar-refractivity contribution is 9.10. The van der Waals surface area contributed by atoms with Crippen LogP contribution >= 0.6 is 15.9 Å². The zero-order chi connectivity index (χ0) is 21.7. The van der Waals surface area contributed by atoms with Gasteiger partial charge in [0.25, 0.3) is 0 Å². The number of hydrogen-bond acceptors (Lipinski definition) is 4. The number of ether oxygens (including phenoxy) is 2. The van der Waals surface area contributed by atoms with Gasteiger partial charge in [0, 0.05) is 22.0 Å². The SMILES string of the molecule is COc1ccc(C2Oc3ccc(Br)cc3C3CC(c4ccc5ccccc5c4)=NN32)cc1. The molecule has 5 heteroatoms. The first kappa shape index (κ1) is 19.4. The van der Waals surface area contributed by atoms with Crippen molar-refractivity contribution in [2.45, 2.75) is 18.7 Å². The molecule has 0 saturated heterocycles. The second kappa shape index (κ2) is 7.68. The van der Waals surface area contributed by atoms with Crippen LogP contribution in [0.25, 0.3) is 10.8 Å². The standard InChI is InChI=1S/C27H21BrN2O2/c1-31-22-11-8-18(9-12-22)27-30-25(23-15-21(28)10-13-26(23)32-27)16-24(29-30)20-7-6-17-4-2-3-5-19(17)14-20/h2-15,25,27H,16H2,1H3. The molecular formula is C27H21BrN2O2. The van der Waals surface area contributed by atoms with Crippen LogP contribution in [-0.2, 0) is 0 Å². The van der Waals surface area contributed by atoms with Gasteiger partial charge in [-0.05, 0) is 64.9 Å². The molecule has 0 fully saturated rings. The van der Waals surface area contributed by atoms with E-state index in [1.807, 2.05) is 36.4 Å². The minimum Gasteiger partial charge on any atom is -0.497 e. The molecule has 0 aromatic heterocycles. The lowest BCUT2D eigenvalue weighted by Crippen LogP contribution is -2.33. The molecule has 2 unspecified atom stereocenters. The van der Waals surface area contributed by atoms with Gasteiger partial charge in [-0.15, -0.1) is 0 Å². The second-order valence-electron chi connectivity index (χ2n) is 8.13. The number of halogens is 1. The van der Waals surface area contributed by atoms with Gasteiger partial charge in [0.2, 0.25) is 6.23 Å². The van der Waals surface area contributed by atoms with Gasteiger partial charge in [-0.25, -0.2) is 5.01 Å². The van der Waals surface area contributed by atoms with Crippen LogP contribution in [-0.4, -0.2) is 17.8 Å². The Balaban J connectivity index is 1.44. The molecule has 2 aliphatic heterocycles. The van der Waals surface area contributed by atoms with Crippen LogP contribution in [0.15, 0.2) is 94.5 Å². The Hall–Kier alpha value is -3.31. The average molecular weight is 485 g/mol. The Morgan fingerprint density at radius 2 is 1.75 bits per heavy atom. The van der Waals surface area contributed by atoms with Gasteiger partial charge in [-0.3, -0.25) is 0 Å². The Labute approximate surface area is 195 Å². The maximum absolute atomic E-state index is 6.47. The quantitative estimate of drug-likeness (QED) is 0.318. The maximum atomic E-state index is 6.47. The summed E-state index contributed by atoms with van der Waals surface area (Å²) in [4.78, 5) is 0. The van der Waals surface area contributed by atoms with Crippen molar-refractivity contribution in [1.29, 1.82) is 0 Å². The third-order valence-electron chi connectivity index (χ3n) is 6.24.